The molecule has 0 amide bonds. The molecule has 0 nitrogen and oxygen atoms in total. The standard InChI is InChI=1S/C16H31BrP/c1-2-3-14-18(17,15-10-6-4-7-11-15)16-12-8-5-9-13-16/h15-16H,2-14H2,1H3/q+1. The summed E-state index contributed by atoms with van der Waals surface area (Å²) in [6.45, 7) is 2.36. The first kappa shape index (κ1) is 15.3. The van der Waals surface area contributed by atoms with Crippen LogP contribution in [0.5, 0.6) is 0 Å². The van der Waals surface area contributed by atoms with Crippen LogP contribution < -0.4 is 0 Å². The summed E-state index contributed by atoms with van der Waals surface area (Å²) in [5, 5.41) is 0. The predicted molar refractivity (Wildman–Crippen MR) is 89.4 cm³/mol. The topological polar surface area (TPSA) is 0 Å². The quantitative estimate of drug-likeness (QED) is 0.486. The van der Waals surface area contributed by atoms with Crippen LogP contribution in [0, 0.1) is 0 Å². The Labute approximate surface area is 123 Å². The van der Waals surface area contributed by atoms with Crippen LogP contribution >= 0.6 is 21.5 Å². The second-order valence-corrected chi connectivity index (χ2v) is 14.0. The van der Waals surface area contributed by atoms with Crippen molar-refractivity contribution >= 4 is 21.5 Å². The SMILES string of the molecule is CCCC[P+](Br)(C1CCCCC1)C1CCCCC1. The van der Waals surface area contributed by atoms with Crippen molar-refractivity contribution in [2.75, 3.05) is 6.16 Å². The Bertz CT molecular complexity index is 211. The van der Waals surface area contributed by atoms with Gasteiger partial charge >= 0.3 is 0 Å². The van der Waals surface area contributed by atoms with Crippen LogP contribution in [0.4, 0.5) is 0 Å². The van der Waals surface area contributed by atoms with Gasteiger partial charge in [0.2, 0.25) is 0 Å². The van der Waals surface area contributed by atoms with Crippen LogP contribution in [0.25, 0.3) is 0 Å². The van der Waals surface area contributed by atoms with Gasteiger partial charge in [-0.3, -0.25) is 0 Å². The van der Waals surface area contributed by atoms with Gasteiger partial charge in [0, 0.05) is 0 Å². The van der Waals surface area contributed by atoms with Gasteiger partial charge < -0.3 is 0 Å². The predicted octanol–water partition coefficient (Wildman–Crippen LogP) is 6.78. The van der Waals surface area contributed by atoms with E-state index in [-0.39, 0.29) is 0 Å². The molecule has 2 aliphatic carbocycles. The highest BCUT2D eigenvalue weighted by Gasteiger charge is 2.50. The third kappa shape index (κ3) is 3.72. The van der Waals surface area contributed by atoms with Crippen molar-refractivity contribution in [2.45, 2.75) is 95.3 Å². The van der Waals surface area contributed by atoms with E-state index in [1.807, 2.05) is 0 Å². The van der Waals surface area contributed by atoms with Crippen LogP contribution in [0.2, 0.25) is 0 Å². The number of hydrogen-bond donors (Lipinski definition) is 0. The Morgan fingerprint density at radius 2 is 1.28 bits per heavy atom. The summed E-state index contributed by atoms with van der Waals surface area (Å²) in [6, 6.07) is 0. The Morgan fingerprint density at radius 1 is 0.833 bits per heavy atom. The smallest absolute Gasteiger partial charge is 0.0652 e. The molecule has 0 aromatic rings. The average molecular weight is 334 g/mol. The lowest BCUT2D eigenvalue weighted by Crippen LogP contribution is -2.26. The fourth-order valence-electron chi connectivity index (χ4n) is 4.08. The van der Waals surface area contributed by atoms with E-state index in [0.717, 1.165) is 11.3 Å². The zero-order chi connectivity index (χ0) is 12.8. The van der Waals surface area contributed by atoms with E-state index >= 15 is 0 Å². The van der Waals surface area contributed by atoms with Crippen LogP contribution in [0.15, 0.2) is 0 Å². The minimum Gasteiger partial charge on any atom is -0.0652 e. The summed E-state index contributed by atoms with van der Waals surface area (Å²) in [5.74, 6) is -0.824. The van der Waals surface area contributed by atoms with Crippen molar-refractivity contribution < 1.29 is 0 Å². The van der Waals surface area contributed by atoms with Crippen LogP contribution in [-0.2, 0) is 0 Å². The molecule has 2 aliphatic rings. The summed E-state index contributed by atoms with van der Waals surface area (Å²) >= 11 is 4.42. The molecule has 0 aromatic carbocycles. The number of unbranched alkanes of at least 4 members (excludes halogenated alkanes) is 1. The molecule has 2 rings (SSSR count). The maximum Gasteiger partial charge on any atom is 0.139 e. The molecule has 0 spiro atoms. The summed E-state index contributed by atoms with van der Waals surface area (Å²) in [6.07, 6.45) is 19.6. The van der Waals surface area contributed by atoms with Crippen LogP contribution in [0.3, 0.4) is 0 Å². The molecule has 106 valence electrons. The molecule has 18 heavy (non-hydrogen) atoms. The summed E-state index contributed by atoms with van der Waals surface area (Å²) < 4.78 is 0. The molecule has 2 saturated carbocycles. The van der Waals surface area contributed by atoms with E-state index in [1.54, 1.807) is 31.8 Å². The van der Waals surface area contributed by atoms with E-state index in [0.29, 0.717) is 0 Å². The zero-order valence-electron chi connectivity index (χ0n) is 12.2. The minimum atomic E-state index is -0.824. The highest BCUT2D eigenvalue weighted by atomic mass is 79.9. The van der Waals surface area contributed by atoms with Gasteiger partial charge in [-0.1, -0.05) is 26.2 Å². The van der Waals surface area contributed by atoms with E-state index in [4.69, 9.17) is 0 Å². The fraction of sp³-hybridized carbons (Fsp3) is 1.00. The molecular weight excluding hydrogens is 303 g/mol. The molecule has 0 saturated heterocycles. The summed E-state index contributed by atoms with van der Waals surface area (Å²) in [4.78, 5) is 0. The minimum absolute atomic E-state index is 0.824. The lowest BCUT2D eigenvalue weighted by molar-refractivity contribution is 0.482. The average Bonchev–Trinajstić information content (AvgIpc) is 2.46. The van der Waals surface area contributed by atoms with Gasteiger partial charge in [0.25, 0.3) is 0 Å². The molecule has 0 N–H and O–H groups in total. The molecule has 0 unspecified atom stereocenters. The highest BCUT2D eigenvalue weighted by molar-refractivity contribution is 9.42. The molecule has 0 aromatic heterocycles. The summed E-state index contributed by atoms with van der Waals surface area (Å²) in [5.41, 5.74) is 2.17. The first-order chi connectivity index (χ1) is 8.77. The second kappa shape index (κ2) is 7.63. The molecular formula is C16H31BrP+. The summed E-state index contributed by atoms with van der Waals surface area (Å²) in [7, 11) is 0. The molecule has 0 radical (unpaired) electrons. The van der Waals surface area contributed by atoms with Gasteiger partial charge in [-0.25, -0.2) is 0 Å². The van der Waals surface area contributed by atoms with E-state index < -0.39 is 5.96 Å². The van der Waals surface area contributed by atoms with Crippen LogP contribution in [0.1, 0.15) is 84.0 Å². The Balaban J connectivity index is 2.04. The number of hydrogen-bond acceptors (Lipinski definition) is 0. The maximum atomic E-state index is 4.42. The van der Waals surface area contributed by atoms with Crippen molar-refractivity contribution in [3.63, 3.8) is 0 Å². The lowest BCUT2D eigenvalue weighted by Gasteiger charge is -2.38. The fourth-order valence-corrected chi connectivity index (χ4v) is 11.9. The van der Waals surface area contributed by atoms with Crippen molar-refractivity contribution in [3.8, 4) is 0 Å². The third-order valence-electron chi connectivity index (χ3n) is 5.22. The Kier molecular flexibility index (Phi) is 6.49. The second-order valence-electron chi connectivity index (χ2n) is 6.49. The van der Waals surface area contributed by atoms with Gasteiger partial charge in [0.15, 0.2) is 0 Å². The molecule has 0 atom stereocenters. The van der Waals surface area contributed by atoms with Crippen LogP contribution in [-0.4, -0.2) is 17.5 Å². The van der Waals surface area contributed by atoms with E-state index in [9.17, 15) is 0 Å². The van der Waals surface area contributed by atoms with Gasteiger partial charge in [-0.05, 0) is 57.8 Å². The third-order valence-corrected chi connectivity index (χ3v) is 14.2. The first-order valence-corrected chi connectivity index (χ1v) is 12.5. The number of halogens is 1. The molecule has 2 fully saturated rings. The lowest BCUT2D eigenvalue weighted by atomic mass is 9.99. The van der Waals surface area contributed by atoms with Crippen molar-refractivity contribution in [1.29, 1.82) is 0 Å². The van der Waals surface area contributed by atoms with Crippen molar-refractivity contribution in [2.24, 2.45) is 0 Å². The van der Waals surface area contributed by atoms with E-state index in [2.05, 4.69) is 22.4 Å². The normalized spacial score (nSPS) is 24.3. The largest absolute Gasteiger partial charge is 0.139 e. The first-order valence-electron chi connectivity index (χ1n) is 8.34. The Hall–Kier alpha value is 0.910. The van der Waals surface area contributed by atoms with Crippen molar-refractivity contribution in [1.82, 2.24) is 0 Å². The molecule has 0 heterocycles. The number of rotatable bonds is 5. The zero-order valence-corrected chi connectivity index (χ0v) is 14.7. The van der Waals surface area contributed by atoms with Gasteiger partial charge in [0.1, 0.15) is 15.5 Å². The highest BCUT2D eigenvalue weighted by Crippen LogP contribution is 2.78. The van der Waals surface area contributed by atoms with Crippen molar-refractivity contribution in [3.05, 3.63) is 0 Å². The molecule has 0 bridgehead atoms. The molecule has 2 heteroatoms. The molecule has 0 aliphatic heterocycles. The monoisotopic (exact) mass is 333 g/mol. The van der Waals surface area contributed by atoms with E-state index in [1.165, 1.54) is 51.4 Å². The van der Waals surface area contributed by atoms with Gasteiger partial charge in [-0.15, -0.1) is 0 Å². The Morgan fingerprint density at radius 3 is 1.67 bits per heavy atom. The maximum absolute atomic E-state index is 4.42. The van der Waals surface area contributed by atoms with Gasteiger partial charge in [-0.2, -0.15) is 0 Å². The van der Waals surface area contributed by atoms with Gasteiger partial charge in [0.05, 0.1) is 23.4 Å².